The first kappa shape index (κ1) is 12.3. The highest BCUT2D eigenvalue weighted by atomic mass is 16.1. The van der Waals surface area contributed by atoms with E-state index in [1.165, 1.54) is 6.33 Å². The third-order valence-corrected chi connectivity index (χ3v) is 2.88. The van der Waals surface area contributed by atoms with Crippen LogP contribution < -0.4 is 5.32 Å². The topological polar surface area (TPSA) is 101 Å². The zero-order valence-electron chi connectivity index (χ0n) is 10.8. The molecule has 2 heterocycles. The van der Waals surface area contributed by atoms with E-state index in [4.69, 9.17) is 0 Å². The number of carbonyl (C=O) groups is 1. The molecular weight excluding hydrogens is 258 g/mol. The van der Waals surface area contributed by atoms with Crippen LogP contribution in [0.3, 0.4) is 0 Å². The highest BCUT2D eigenvalue weighted by molar-refractivity contribution is 5.97. The van der Waals surface area contributed by atoms with Gasteiger partial charge in [0.05, 0.1) is 6.54 Å². The molecule has 102 valence electrons. The van der Waals surface area contributed by atoms with Crippen LogP contribution in [0.1, 0.15) is 17.3 Å². The summed E-state index contributed by atoms with van der Waals surface area (Å²) >= 11 is 0. The Morgan fingerprint density at radius 2 is 2.25 bits per heavy atom. The molecular formula is C12H13N7O. The molecule has 0 spiro atoms. The summed E-state index contributed by atoms with van der Waals surface area (Å²) in [6.07, 6.45) is 3.08. The second kappa shape index (κ2) is 5.08. The predicted octanol–water partition coefficient (Wildman–Crippen LogP) is 0.368. The van der Waals surface area contributed by atoms with Gasteiger partial charge in [0.2, 0.25) is 0 Å². The number of aromatic nitrogens is 6. The lowest BCUT2D eigenvalue weighted by molar-refractivity contribution is 0.0936. The van der Waals surface area contributed by atoms with Crippen LogP contribution in [0.15, 0.2) is 30.9 Å². The fourth-order valence-electron chi connectivity index (χ4n) is 1.94. The van der Waals surface area contributed by atoms with Gasteiger partial charge < -0.3 is 5.32 Å². The van der Waals surface area contributed by atoms with E-state index in [0.29, 0.717) is 17.6 Å². The molecule has 1 aromatic carbocycles. The molecule has 1 unspecified atom stereocenters. The number of amides is 1. The molecule has 0 saturated heterocycles. The average molecular weight is 271 g/mol. The zero-order chi connectivity index (χ0) is 13.9. The highest BCUT2D eigenvalue weighted by Crippen LogP contribution is 2.10. The first-order valence-electron chi connectivity index (χ1n) is 6.16. The van der Waals surface area contributed by atoms with Gasteiger partial charge in [-0.1, -0.05) is 0 Å². The lowest BCUT2D eigenvalue weighted by Crippen LogP contribution is -2.35. The number of fused-ring (bicyclic) bond motifs is 1. The van der Waals surface area contributed by atoms with E-state index < -0.39 is 0 Å². The molecule has 2 aromatic heterocycles. The molecule has 0 fully saturated rings. The van der Waals surface area contributed by atoms with Crippen LogP contribution in [-0.4, -0.2) is 42.1 Å². The summed E-state index contributed by atoms with van der Waals surface area (Å²) in [5.74, 6) is -0.150. The second-order valence-electron chi connectivity index (χ2n) is 4.52. The van der Waals surface area contributed by atoms with Crippen molar-refractivity contribution in [1.29, 1.82) is 0 Å². The van der Waals surface area contributed by atoms with Crippen LogP contribution in [0.4, 0.5) is 0 Å². The molecule has 2 N–H and O–H groups in total. The minimum Gasteiger partial charge on any atom is -0.348 e. The van der Waals surface area contributed by atoms with Gasteiger partial charge in [0.15, 0.2) is 0 Å². The maximum atomic E-state index is 12.1. The van der Waals surface area contributed by atoms with Gasteiger partial charge in [0.1, 0.15) is 23.7 Å². The Hall–Kier alpha value is -2.77. The summed E-state index contributed by atoms with van der Waals surface area (Å²) in [6.45, 7) is 2.48. The SMILES string of the molecule is CC(Cn1cncn1)NC(=O)c1ccc2n[nH]nc2c1. The molecule has 20 heavy (non-hydrogen) atoms. The van der Waals surface area contributed by atoms with Crippen molar-refractivity contribution in [3.8, 4) is 0 Å². The normalized spacial score (nSPS) is 12.4. The summed E-state index contributed by atoms with van der Waals surface area (Å²) in [6, 6.07) is 5.13. The number of H-pyrrole nitrogens is 1. The molecule has 0 aliphatic heterocycles. The average Bonchev–Trinajstić information content (AvgIpc) is 3.07. The van der Waals surface area contributed by atoms with E-state index in [-0.39, 0.29) is 11.9 Å². The molecule has 8 nitrogen and oxygen atoms in total. The largest absolute Gasteiger partial charge is 0.348 e. The minimum absolute atomic E-state index is 0.0581. The summed E-state index contributed by atoms with van der Waals surface area (Å²) in [5.41, 5.74) is 1.95. The first-order chi connectivity index (χ1) is 9.72. The van der Waals surface area contributed by atoms with Crippen molar-refractivity contribution < 1.29 is 4.79 Å². The lowest BCUT2D eigenvalue weighted by atomic mass is 10.1. The van der Waals surface area contributed by atoms with E-state index in [2.05, 4.69) is 30.8 Å². The van der Waals surface area contributed by atoms with E-state index in [1.807, 2.05) is 6.92 Å². The first-order valence-corrected chi connectivity index (χ1v) is 6.16. The smallest absolute Gasteiger partial charge is 0.251 e. The van der Waals surface area contributed by atoms with Gasteiger partial charge in [-0.3, -0.25) is 9.48 Å². The molecule has 8 heteroatoms. The van der Waals surface area contributed by atoms with Gasteiger partial charge in [-0.25, -0.2) is 4.98 Å². The molecule has 0 radical (unpaired) electrons. The maximum Gasteiger partial charge on any atom is 0.251 e. The van der Waals surface area contributed by atoms with E-state index >= 15 is 0 Å². The molecule has 1 atom stereocenters. The van der Waals surface area contributed by atoms with Crippen molar-refractivity contribution in [2.75, 3.05) is 0 Å². The van der Waals surface area contributed by atoms with Crippen LogP contribution in [0.25, 0.3) is 11.0 Å². The number of aromatic amines is 1. The van der Waals surface area contributed by atoms with Crippen LogP contribution in [0.5, 0.6) is 0 Å². The van der Waals surface area contributed by atoms with Crippen LogP contribution in [0, 0.1) is 0 Å². The Morgan fingerprint density at radius 1 is 1.40 bits per heavy atom. The fraction of sp³-hybridized carbons (Fsp3) is 0.250. The standard InChI is InChI=1S/C12H13N7O/c1-8(5-19-7-13-6-14-19)15-12(20)9-2-3-10-11(4-9)17-18-16-10/h2-4,6-8H,5H2,1H3,(H,15,20)(H,16,17,18). The number of benzene rings is 1. The van der Waals surface area contributed by atoms with E-state index in [0.717, 1.165) is 5.52 Å². The molecule has 3 rings (SSSR count). The number of nitrogens with one attached hydrogen (secondary N) is 2. The quantitative estimate of drug-likeness (QED) is 0.713. The van der Waals surface area contributed by atoms with Gasteiger partial charge in [-0.05, 0) is 25.1 Å². The minimum atomic E-state index is -0.150. The third kappa shape index (κ3) is 2.48. The summed E-state index contributed by atoms with van der Waals surface area (Å²) in [4.78, 5) is 16.0. The Morgan fingerprint density at radius 3 is 3.05 bits per heavy atom. The van der Waals surface area contributed by atoms with Gasteiger partial charge in [0.25, 0.3) is 5.91 Å². The fourth-order valence-corrected chi connectivity index (χ4v) is 1.94. The zero-order valence-corrected chi connectivity index (χ0v) is 10.8. The van der Waals surface area contributed by atoms with Gasteiger partial charge >= 0.3 is 0 Å². The van der Waals surface area contributed by atoms with E-state index in [9.17, 15) is 4.79 Å². The van der Waals surface area contributed by atoms with Gasteiger partial charge in [0, 0.05) is 11.6 Å². The number of hydrogen-bond donors (Lipinski definition) is 2. The second-order valence-corrected chi connectivity index (χ2v) is 4.52. The van der Waals surface area contributed by atoms with Crippen LogP contribution >= 0.6 is 0 Å². The third-order valence-electron chi connectivity index (χ3n) is 2.88. The predicted molar refractivity (Wildman–Crippen MR) is 70.8 cm³/mol. The Bertz CT molecular complexity index is 718. The summed E-state index contributed by atoms with van der Waals surface area (Å²) in [7, 11) is 0. The summed E-state index contributed by atoms with van der Waals surface area (Å²) < 4.78 is 1.67. The molecule has 0 aliphatic carbocycles. The van der Waals surface area contributed by atoms with Gasteiger partial charge in [-0.2, -0.15) is 20.5 Å². The monoisotopic (exact) mass is 271 g/mol. The number of hydrogen-bond acceptors (Lipinski definition) is 5. The Labute approximate surface area is 114 Å². The number of rotatable bonds is 4. The molecule has 0 aliphatic rings. The number of nitrogens with zero attached hydrogens (tertiary/aromatic N) is 5. The van der Waals surface area contributed by atoms with Crippen molar-refractivity contribution >= 4 is 16.9 Å². The van der Waals surface area contributed by atoms with Crippen LogP contribution in [0.2, 0.25) is 0 Å². The molecule has 0 saturated carbocycles. The Balaban J connectivity index is 1.68. The Kier molecular flexibility index (Phi) is 3.12. The van der Waals surface area contributed by atoms with Crippen molar-refractivity contribution in [3.05, 3.63) is 36.4 Å². The van der Waals surface area contributed by atoms with Crippen LogP contribution in [-0.2, 0) is 6.54 Å². The van der Waals surface area contributed by atoms with Crippen molar-refractivity contribution in [1.82, 2.24) is 35.5 Å². The van der Waals surface area contributed by atoms with E-state index in [1.54, 1.807) is 29.2 Å². The van der Waals surface area contributed by atoms with Crippen molar-refractivity contribution in [2.24, 2.45) is 0 Å². The number of carbonyl (C=O) groups excluding carboxylic acids is 1. The van der Waals surface area contributed by atoms with Gasteiger partial charge in [-0.15, -0.1) is 0 Å². The molecule has 1 amide bonds. The lowest BCUT2D eigenvalue weighted by Gasteiger charge is -2.13. The van der Waals surface area contributed by atoms with Crippen molar-refractivity contribution in [2.45, 2.75) is 19.5 Å². The molecule has 0 bridgehead atoms. The highest BCUT2D eigenvalue weighted by Gasteiger charge is 2.11. The molecule has 3 aromatic rings. The maximum absolute atomic E-state index is 12.1. The summed E-state index contributed by atoms with van der Waals surface area (Å²) in [5, 5.41) is 17.3. The van der Waals surface area contributed by atoms with Crippen molar-refractivity contribution in [3.63, 3.8) is 0 Å².